The van der Waals surface area contributed by atoms with Crippen LogP contribution in [0.3, 0.4) is 0 Å². The predicted octanol–water partition coefficient (Wildman–Crippen LogP) is 2.02. The zero-order valence-electron chi connectivity index (χ0n) is 11.1. The first-order chi connectivity index (χ1) is 8.79. The molecule has 18 heavy (non-hydrogen) atoms. The maximum atomic E-state index is 10.3. The average molecular weight is 251 g/mol. The lowest BCUT2D eigenvalue weighted by molar-refractivity contribution is -0.107. The van der Waals surface area contributed by atoms with Gasteiger partial charge in [-0.1, -0.05) is 12.5 Å². The molecule has 0 aromatic carbocycles. The van der Waals surface area contributed by atoms with Gasteiger partial charge in [0, 0.05) is 13.1 Å². The van der Waals surface area contributed by atoms with Crippen LogP contribution in [0.15, 0.2) is 12.7 Å². The number of piperidine rings is 1. The van der Waals surface area contributed by atoms with Gasteiger partial charge in [-0.3, -0.25) is 4.90 Å². The van der Waals surface area contributed by atoms with E-state index in [9.17, 15) is 5.11 Å². The van der Waals surface area contributed by atoms with Crippen molar-refractivity contribution in [3.8, 4) is 0 Å². The van der Waals surface area contributed by atoms with E-state index >= 15 is 0 Å². The number of aliphatic hydroxyl groups excluding tert-OH is 1. The molecule has 1 heterocycles. The molecular formula is C15H25NO2. The van der Waals surface area contributed by atoms with Crippen LogP contribution in [0.1, 0.15) is 32.1 Å². The Kier molecular flexibility index (Phi) is 3.73. The minimum atomic E-state index is -0.267. The number of rotatable bonds is 4. The predicted molar refractivity (Wildman–Crippen MR) is 71.1 cm³/mol. The molecule has 0 radical (unpaired) electrons. The molecule has 2 aliphatic carbocycles. The van der Waals surface area contributed by atoms with Crippen molar-refractivity contribution in [3.05, 3.63) is 12.7 Å². The van der Waals surface area contributed by atoms with Crippen LogP contribution in [0.25, 0.3) is 0 Å². The molecule has 3 fully saturated rings. The van der Waals surface area contributed by atoms with E-state index in [2.05, 4.69) is 11.5 Å². The second kappa shape index (κ2) is 5.32. The maximum Gasteiger partial charge on any atom is 0.0995 e. The van der Waals surface area contributed by atoms with Crippen molar-refractivity contribution in [1.82, 2.24) is 4.90 Å². The van der Waals surface area contributed by atoms with Gasteiger partial charge in [-0.2, -0.15) is 0 Å². The SMILES string of the molecule is C=CC1CC2CC1C(O)C2OCN1CCCCC1. The summed E-state index contributed by atoms with van der Waals surface area (Å²) >= 11 is 0. The molecule has 0 amide bonds. The molecule has 0 aromatic rings. The maximum absolute atomic E-state index is 10.3. The van der Waals surface area contributed by atoms with Crippen LogP contribution in [0, 0.1) is 17.8 Å². The van der Waals surface area contributed by atoms with Crippen LogP contribution in [0.2, 0.25) is 0 Å². The van der Waals surface area contributed by atoms with Crippen molar-refractivity contribution < 1.29 is 9.84 Å². The van der Waals surface area contributed by atoms with Gasteiger partial charge in [0.1, 0.15) is 0 Å². The second-order valence-electron chi connectivity index (χ2n) is 6.22. The first kappa shape index (κ1) is 12.6. The van der Waals surface area contributed by atoms with E-state index in [1.54, 1.807) is 0 Å². The zero-order chi connectivity index (χ0) is 12.5. The number of hydrogen-bond donors (Lipinski definition) is 1. The first-order valence-corrected chi connectivity index (χ1v) is 7.44. The molecule has 3 aliphatic rings. The van der Waals surface area contributed by atoms with Crippen LogP contribution < -0.4 is 0 Å². The normalized spacial score (nSPS) is 44.4. The monoisotopic (exact) mass is 251 g/mol. The van der Waals surface area contributed by atoms with E-state index in [1.165, 1.54) is 19.3 Å². The van der Waals surface area contributed by atoms with Crippen LogP contribution in [0.5, 0.6) is 0 Å². The van der Waals surface area contributed by atoms with Crippen molar-refractivity contribution in [2.75, 3.05) is 19.8 Å². The summed E-state index contributed by atoms with van der Waals surface area (Å²) in [7, 11) is 0. The van der Waals surface area contributed by atoms with Gasteiger partial charge in [0.15, 0.2) is 0 Å². The fourth-order valence-corrected chi connectivity index (χ4v) is 4.11. The summed E-state index contributed by atoms with van der Waals surface area (Å²) in [6, 6.07) is 0. The molecule has 1 aliphatic heterocycles. The minimum Gasteiger partial charge on any atom is -0.390 e. The van der Waals surface area contributed by atoms with Gasteiger partial charge in [-0.25, -0.2) is 0 Å². The van der Waals surface area contributed by atoms with E-state index < -0.39 is 0 Å². The Morgan fingerprint density at radius 2 is 2.00 bits per heavy atom. The van der Waals surface area contributed by atoms with Gasteiger partial charge < -0.3 is 9.84 Å². The quantitative estimate of drug-likeness (QED) is 0.776. The Hall–Kier alpha value is -0.380. The highest BCUT2D eigenvalue weighted by Crippen LogP contribution is 2.50. The average Bonchev–Trinajstić information content (AvgIpc) is 2.95. The lowest BCUT2D eigenvalue weighted by Gasteiger charge is -2.34. The molecule has 0 aromatic heterocycles. The Balaban J connectivity index is 1.51. The number of allylic oxidation sites excluding steroid dienone is 1. The Labute approximate surface area is 110 Å². The molecule has 1 saturated heterocycles. The van der Waals surface area contributed by atoms with Crippen molar-refractivity contribution >= 4 is 0 Å². The molecular weight excluding hydrogens is 226 g/mol. The number of ether oxygens (including phenoxy) is 1. The number of nitrogens with zero attached hydrogens (tertiary/aromatic N) is 1. The number of aliphatic hydroxyl groups is 1. The van der Waals surface area contributed by atoms with Crippen LogP contribution in [-0.4, -0.2) is 42.0 Å². The highest BCUT2D eigenvalue weighted by Gasteiger charge is 2.51. The third-order valence-electron chi connectivity index (χ3n) is 5.14. The molecule has 3 rings (SSSR count). The minimum absolute atomic E-state index is 0.0770. The molecule has 3 heteroatoms. The molecule has 102 valence electrons. The fraction of sp³-hybridized carbons (Fsp3) is 0.867. The Morgan fingerprint density at radius 3 is 2.67 bits per heavy atom. The number of hydrogen-bond acceptors (Lipinski definition) is 3. The van der Waals surface area contributed by atoms with Crippen molar-refractivity contribution in [3.63, 3.8) is 0 Å². The van der Waals surface area contributed by atoms with E-state index in [1.807, 2.05) is 6.08 Å². The van der Waals surface area contributed by atoms with Gasteiger partial charge in [0.25, 0.3) is 0 Å². The van der Waals surface area contributed by atoms with E-state index in [0.717, 1.165) is 25.9 Å². The van der Waals surface area contributed by atoms with Gasteiger partial charge in [0.05, 0.1) is 18.9 Å². The summed E-state index contributed by atoms with van der Waals surface area (Å²) in [6.07, 6.45) is 8.06. The Morgan fingerprint density at radius 1 is 1.22 bits per heavy atom. The second-order valence-corrected chi connectivity index (χ2v) is 6.22. The third-order valence-corrected chi connectivity index (χ3v) is 5.14. The highest BCUT2D eigenvalue weighted by molar-refractivity contribution is 5.06. The number of likely N-dealkylation sites (tertiary alicyclic amines) is 1. The van der Waals surface area contributed by atoms with Crippen molar-refractivity contribution in [2.45, 2.75) is 44.3 Å². The van der Waals surface area contributed by atoms with E-state index in [0.29, 0.717) is 24.5 Å². The summed E-state index contributed by atoms with van der Waals surface area (Å²) in [5.41, 5.74) is 0. The first-order valence-electron chi connectivity index (χ1n) is 7.44. The highest BCUT2D eigenvalue weighted by atomic mass is 16.5. The Bertz CT molecular complexity index is 299. The van der Waals surface area contributed by atoms with Crippen LogP contribution in [0.4, 0.5) is 0 Å². The molecule has 0 spiro atoms. The molecule has 3 nitrogen and oxygen atoms in total. The van der Waals surface area contributed by atoms with Gasteiger partial charge in [-0.05, 0) is 43.4 Å². The lowest BCUT2D eigenvalue weighted by atomic mass is 9.85. The fourth-order valence-electron chi connectivity index (χ4n) is 4.11. The summed E-state index contributed by atoms with van der Waals surface area (Å²) < 4.78 is 6.02. The van der Waals surface area contributed by atoms with E-state index in [4.69, 9.17) is 4.74 Å². The van der Waals surface area contributed by atoms with Crippen LogP contribution >= 0.6 is 0 Å². The standard InChI is InChI=1S/C15H25NO2/c1-2-11-8-12-9-13(11)14(17)15(12)18-10-16-6-4-3-5-7-16/h2,11-15,17H,1,3-10H2. The van der Waals surface area contributed by atoms with Gasteiger partial charge in [0.2, 0.25) is 0 Å². The smallest absolute Gasteiger partial charge is 0.0995 e. The third kappa shape index (κ3) is 2.24. The van der Waals surface area contributed by atoms with E-state index in [-0.39, 0.29) is 12.2 Å². The largest absolute Gasteiger partial charge is 0.390 e. The molecule has 2 saturated carbocycles. The van der Waals surface area contributed by atoms with Crippen molar-refractivity contribution in [1.29, 1.82) is 0 Å². The van der Waals surface area contributed by atoms with Gasteiger partial charge >= 0.3 is 0 Å². The molecule has 5 atom stereocenters. The molecule has 2 bridgehead atoms. The van der Waals surface area contributed by atoms with Gasteiger partial charge in [-0.15, -0.1) is 6.58 Å². The molecule has 1 N–H and O–H groups in total. The van der Waals surface area contributed by atoms with Crippen LogP contribution in [-0.2, 0) is 4.74 Å². The summed E-state index contributed by atoms with van der Waals surface area (Å²) in [6.45, 7) is 6.91. The zero-order valence-corrected chi connectivity index (χ0v) is 11.1. The topological polar surface area (TPSA) is 32.7 Å². The lowest BCUT2D eigenvalue weighted by Crippen LogP contribution is -2.41. The summed E-state index contributed by atoms with van der Waals surface area (Å²) in [5, 5.41) is 10.3. The summed E-state index contributed by atoms with van der Waals surface area (Å²) in [4.78, 5) is 2.38. The number of fused-ring (bicyclic) bond motifs is 2. The molecule has 5 unspecified atom stereocenters. The summed E-state index contributed by atoms with van der Waals surface area (Å²) in [5.74, 6) is 1.47. The van der Waals surface area contributed by atoms with Crippen molar-refractivity contribution in [2.24, 2.45) is 17.8 Å².